The third kappa shape index (κ3) is 3.82. The summed E-state index contributed by atoms with van der Waals surface area (Å²) in [5, 5.41) is 2.97. The first-order valence-corrected chi connectivity index (χ1v) is 9.09. The summed E-state index contributed by atoms with van der Waals surface area (Å²) >= 11 is 3.34. The van der Waals surface area contributed by atoms with Crippen molar-refractivity contribution in [2.75, 3.05) is 42.9 Å². The first-order valence-electron chi connectivity index (χ1n) is 8.30. The van der Waals surface area contributed by atoms with Crippen LogP contribution in [0.3, 0.4) is 0 Å². The Morgan fingerprint density at radius 1 is 1.25 bits per heavy atom. The number of benzene rings is 1. The molecule has 0 saturated carbocycles. The SMILES string of the molecule is CCN1CCN(c2ccc(NC(=O)c3cc(Br)c[nH]3)c(C)c2)CC1. The zero-order valence-corrected chi connectivity index (χ0v) is 15.7. The molecule has 5 nitrogen and oxygen atoms in total. The molecule has 1 fully saturated rings. The number of aromatic amines is 1. The van der Waals surface area contributed by atoms with E-state index in [1.165, 1.54) is 5.69 Å². The number of halogens is 1. The molecule has 1 aliphatic heterocycles. The molecule has 0 radical (unpaired) electrons. The highest BCUT2D eigenvalue weighted by molar-refractivity contribution is 9.10. The summed E-state index contributed by atoms with van der Waals surface area (Å²) in [6, 6.07) is 8.01. The van der Waals surface area contributed by atoms with E-state index in [-0.39, 0.29) is 5.91 Å². The fourth-order valence-electron chi connectivity index (χ4n) is 3.00. The third-order valence-corrected chi connectivity index (χ3v) is 4.99. The number of H-pyrrole nitrogens is 1. The second-order valence-electron chi connectivity index (χ2n) is 6.11. The second-order valence-corrected chi connectivity index (χ2v) is 7.02. The Morgan fingerprint density at radius 2 is 2.00 bits per heavy atom. The number of carbonyl (C=O) groups is 1. The van der Waals surface area contributed by atoms with E-state index in [4.69, 9.17) is 0 Å². The van der Waals surface area contributed by atoms with Crippen LogP contribution in [0.15, 0.2) is 34.9 Å². The number of hydrogen-bond acceptors (Lipinski definition) is 3. The monoisotopic (exact) mass is 390 g/mol. The molecule has 24 heavy (non-hydrogen) atoms. The number of likely N-dealkylation sites (N-methyl/N-ethyl adjacent to an activating group) is 1. The number of amides is 1. The number of nitrogens with one attached hydrogen (secondary N) is 2. The highest BCUT2D eigenvalue weighted by Crippen LogP contribution is 2.24. The van der Waals surface area contributed by atoms with Crippen LogP contribution in [0.25, 0.3) is 0 Å². The molecule has 3 rings (SSSR count). The molecule has 2 aromatic rings. The fourth-order valence-corrected chi connectivity index (χ4v) is 3.34. The second kappa shape index (κ2) is 7.40. The van der Waals surface area contributed by atoms with Crippen LogP contribution in [0.1, 0.15) is 23.0 Å². The van der Waals surface area contributed by atoms with Crippen molar-refractivity contribution in [2.45, 2.75) is 13.8 Å². The third-order valence-electron chi connectivity index (χ3n) is 4.54. The number of carbonyl (C=O) groups excluding carboxylic acids is 1. The molecule has 128 valence electrons. The van der Waals surface area contributed by atoms with Crippen molar-refractivity contribution < 1.29 is 4.79 Å². The van der Waals surface area contributed by atoms with Gasteiger partial charge in [0.15, 0.2) is 0 Å². The minimum absolute atomic E-state index is 0.131. The van der Waals surface area contributed by atoms with E-state index in [1.807, 2.05) is 13.0 Å². The summed E-state index contributed by atoms with van der Waals surface area (Å²) in [5.74, 6) is -0.131. The van der Waals surface area contributed by atoms with Crippen LogP contribution in [0.5, 0.6) is 0 Å². The standard InChI is InChI=1S/C18H23BrN4O/c1-3-22-6-8-23(9-7-22)15-4-5-16(13(2)10-15)21-18(24)17-11-14(19)12-20-17/h4-5,10-12,20H,3,6-9H2,1-2H3,(H,21,24). The molecule has 1 amide bonds. The predicted molar refractivity (Wildman–Crippen MR) is 102 cm³/mol. The van der Waals surface area contributed by atoms with Gasteiger partial charge in [0, 0.05) is 48.2 Å². The van der Waals surface area contributed by atoms with Crippen molar-refractivity contribution in [1.82, 2.24) is 9.88 Å². The summed E-state index contributed by atoms with van der Waals surface area (Å²) in [6.45, 7) is 9.68. The van der Waals surface area contributed by atoms with Crippen LogP contribution < -0.4 is 10.2 Å². The summed E-state index contributed by atoms with van der Waals surface area (Å²) < 4.78 is 0.867. The normalized spacial score (nSPS) is 15.5. The van der Waals surface area contributed by atoms with Gasteiger partial charge in [-0.2, -0.15) is 0 Å². The van der Waals surface area contributed by atoms with Crippen molar-refractivity contribution in [1.29, 1.82) is 0 Å². The number of aryl methyl sites for hydroxylation is 1. The molecule has 0 bridgehead atoms. The van der Waals surface area contributed by atoms with Gasteiger partial charge in [0.25, 0.3) is 5.91 Å². The molecule has 1 aromatic heterocycles. The van der Waals surface area contributed by atoms with Crippen LogP contribution in [-0.2, 0) is 0 Å². The average Bonchev–Trinajstić information content (AvgIpc) is 3.03. The maximum Gasteiger partial charge on any atom is 0.272 e. The van der Waals surface area contributed by atoms with Gasteiger partial charge in [-0.3, -0.25) is 4.79 Å². The topological polar surface area (TPSA) is 51.4 Å². The summed E-state index contributed by atoms with van der Waals surface area (Å²) in [5.41, 5.74) is 3.69. The van der Waals surface area contributed by atoms with Crippen molar-refractivity contribution in [3.05, 3.63) is 46.2 Å². The van der Waals surface area contributed by atoms with Crippen molar-refractivity contribution in [3.8, 4) is 0 Å². The van der Waals surface area contributed by atoms with E-state index in [0.29, 0.717) is 5.69 Å². The van der Waals surface area contributed by atoms with Gasteiger partial charge in [0.05, 0.1) is 0 Å². The maximum absolute atomic E-state index is 12.3. The van der Waals surface area contributed by atoms with Crippen molar-refractivity contribution >= 4 is 33.2 Å². The van der Waals surface area contributed by atoms with Gasteiger partial charge in [-0.25, -0.2) is 0 Å². The summed E-state index contributed by atoms with van der Waals surface area (Å²) in [6.07, 6.45) is 1.75. The fraction of sp³-hybridized carbons (Fsp3) is 0.389. The highest BCUT2D eigenvalue weighted by Gasteiger charge is 2.17. The molecule has 1 aliphatic rings. The van der Waals surface area contributed by atoms with Crippen LogP contribution in [-0.4, -0.2) is 48.5 Å². The van der Waals surface area contributed by atoms with E-state index in [2.05, 4.69) is 55.1 Å². The van der Waals surface area contributed by atoms with Gasteiger partial charge in [-0.05, 0) is 59.2 Å². The van der Waals surface area contributed by atoms with Gasteiger partial charge in [-0.15, -0.1) is 0 Å². The van der Waals surface area contributed by atoms with E-state index >= 15 is 0 Å². The first-order chi connectivity index (χ1) is 11.6. The van der Waals surface area contributed by atoms with Crippen LogP contribution in [0.4, 0.5) is 11.4 Å². The number of hydrogen-bond donors (Lipinski definition) is 2. The molecule has 1 aromatic carbocycles. The minimum Gasteiger partial charge on any atom is -0.369 e. The van der Waals surface area contributed by atoms with Gasteiger partial charge in [0.1, 0.15) is 5.69 Å². The first kappa shape index (κ1) is 17.0. The smallest absolute Gasteiger partial charge is 0.272 e. The lowest BCUT2D eigenvalue weighted by Crippen LogP contribution is -2.46. The number of aromatic nitrogens is 1. The number of rotatable bonds is 4. The zero-order chi connectivity index (χ0) is 17.1. The minimum atomic E-state index is -0.131. The maximum atomic E-state index is 12.3. The van der Waals surface area contributed by atoms with E-state index in [9.17, 15) is 4.79 Å². The zero-order valence-electron chi connectivity index (χ0n) is 14.1. The average molecular weight is 391 g/mol. The van der Waals surface area contributed by atoms with E-state index in [1.54, 1.807) is 12.3 Å². The molecule has 2 N–H and O–H groups in total. The van der Waals surface area contributed by atoms with Crippen molar-refractivity contribution in [3.63, 3.8) is 0 Å². The van der Waals surface area contributed by atoms with Gasteiger partial charge < -0.3 is 20.1 Å². The van der Waals surface area contributed by atoms with Crippen LogP contribution in [0.2, 0.25) is 0 Å². The van der Waals surface area contributed by atoms with Crippen LogP contribution >= 0.6 is 15.9 Å². The summed E-state index contributed by atoms with van der Waals surface area (Å²) in [7, 11) is 0. The Balaban J connectivity index is 1.67. The van der Waals surface area contributed by atoms with Crippen molar-refractivity contribution in [2.24, 2.45) is 0 Å². The molecular formula is C18H23BrN4O. The lowest BCUT2D eigenvalue weighted by Gasteiger charge is -2.35. The lowest BCUT2D eigenvalue weighted by molar-refractivity contribution is 0.102. The molecule has 0 atom stereocenters. The lowest BCUT2D eigenvalue weighted by atomic mass is 10.1. The van der Waals surface area contributed by atoms with E-state index in [0.717, 1.165) is 48.4 Å². The number of anilines is 2. The molecular weight excluding hydrogens is 368 g/mol. The molecule has 2 heterocycles. The summed E-state index contributed by atoms with van der Waals surface area (Å²) in [4.78, 5) is 20.1. The Labute approximate surface area is 151 Å². The Bertz CT molecular complexity index is 720. The Hall–Kier alpha value is -1.79. The Kier molecular flexibility index (Phi) is 5.26. The number of piperazine rings is 1. The molecule has 0 unspecified atom stereocenters. The van der Waals surface area contributed by atoms with Gasteiger partial charge >= 0.3 is 0 Å². The van der Waals surface area contributed by atoms with Crippen LogP contribution in [0, 0.1) is 6.92 Å². The number of nitrogens with zero attached hydrogens (tertiary/aromatic N) is 2. The van der Waals surface area contributed by atoms with Gasteiger partial charge in [-0.1, -0.05) is 6.92 Å². The molecule has 6 heteroatoms. The molecule has 1 saturated heterocycles. The molecule has 0 spiro atoms. The van der Waals surface area contributed by atoms with Gasteiger partial charge in [0.2, 0.25) is 0 Å². The Morgan fingerprint density at radius 3 is 2.58 bits per heavy atom. The quantitative estimate of drug-likeness (QED) is 0.839. The largest absolute Gasteiger partial charge is 0.369 e. The van der Waals surface area contributed by atoms with E-state index < -0.39 is 0 Å². The predicted octanol–water partition coefficient (Wildman–Crippen LogP) is 3.48. The highest BCUT2D eigenvalue weighted by atomic mass is 79.9. The molecule has 0 aliphatic carbocycles.